The van der Waals surface area contributed by atoms with E-state index in [-0.39, 0.29) is 19.4 Å². The molecule has 0 heterocycles. The molecule has 0 bridgehead atoms. The van der Waals surface area contributed by atoms with E-state index in [1.165, 1.54) is 70.6 Å². The maximum absolute atomic E-state index is 12.4. The van der Waals surface area contributed by atoms with Crippen LogP contribution in [0.5, 0.6) is 0 Å². The summed E-state index contributed by atoms with van der Waals surface area (Å²) < 4.78 is 26.2. The molecule has 0 aromatic carbocycles. The van der Waals surface area contributed by atoms with Crippen molar-refractivity contribution in [2.24, 2.45) is 0 Å². The second-order valence-corrected chi connectivity index (χ2v) is 14.3. The molecule has 0 aliphatic heterocycles. The molecule has 0 fully saturated rings. The van der Waals surface area contributed by atoms with Crippen molar-refractivity contribution in [2.75, 3.05) is 13.2 Å². The number of allylic oxidation sites excluding steroid dienone is 8. The summed E-state index contributed by atoms with van der Waals surface area (Å²) in [4.78, 5) is 42.7. The number of aliphatic hydroxyl groups excluding tert-OH is 1. The average Bonchev–Trinajstić information content (AvgIpc) is 3.09. The molecule has 0 unspecified atom stereocenters. The van der Waals surface area contributed by atoms with Gasteiger partial charge in [0.1, 0.15) is 6.61 Å². The highest BCUT2D eigenvalue weighted by Gasteiger charge is 2.22. The molecule has 0 aliphatic rings. The third-order valence-corrected chi connectivity index (χ3v) is 8.57. The van der Waals surface area contributed by atoms with Crippen LogP contribution in [-0.4, -0.2) is 52.3 Å². The van der Waals surface area contributed by atoms with E-state index in [4.69, 9.17) is 19.3 Å². The highest BCUT2D eigenvalue weighted by Crippen LogP contribution is 2.36. The van der Waals surface area contributed by atoms with Crippen LogP contribution in [0.2, 0.25) is 0 Å². The molecule has 0 aromatic rings. The van der Waals surface area contributed by atoms with E-state index in [0.717, 1.165) is 32.1 Å². The lowest BCUT2D eigenvalue weighted by Crippen LogP contribution is -2.29. The second-order valence-electron chi connectivity index (χ2n) is 13.1. The van der Waals surface area contributed by atoms with Gasteiger partial charge < -0.3 is 24.4 Å². The Morgan fingerprint density at radius 1 is 0.608 bits per heavy atom. The minimum absolute atomic E-state index is 0.0991. The van der Waals surface area contributed by atoms with E-state index in [9.17, 15) is 19.3 Å². The number of ether oxygens (including phenoxy) is 2. The predicted molar refractivity (Wildman–Crippen MR) is 208 cm³/mol. The molecule has 9 nitrogen and oxygen atoms in total. The molecule has 10 heteroatoms. The Hall–Kier alpha value is -2.29. The first-order valence-corrected chi connectivity index (χ1v) is 21.2. The quantitative estimate of drug-likeness (QED) is 0.0190. The van der Waals surface area contributed by atoms with Gasteiger partial charge in [0, 0.05) is 12.8 Å². The summed E-state index contributed by atoms with van der Waals surface area (Å²) in [5.74, 6) is -1.00. The third kappa shape index (κ3) is 38.8. The fourth-order valence-corrected chi connectivity index (χ4v) is 5.45. The molecular weight excluding hydrogens is 667 g/mol. The number of carbonyl (C=O) groups excluding carboxylic acids is 2. The van der Waals surface area contributed by atoms with Crippen molar-refractivity contribution in [1.29, 1.82) is 0 Å². The number of carbonyl (C=O) groups is 2. The summed E-state index contributed by atoms with van der Waals surface area (Å²) in [6.07, 6.45) is 41.1. The Morgan fingerprint density at radius 3 is 1.82 bits per heavy atom. The largest absolute Gasteiger partial charge is 0.469 e. The van der Waals surface area contributed by atoms with E-state index in [1.54, 1.807) is 6.08 Å². The number of unbranched alkanes of at least 4 members (excludes halogenated alkanes) is 15. The summed E-state index contributed by atoms with van der Waals surface area (Å²) in [5.41, 5.74) is 0. The Morgan fingerprint density at radius 2 is 1.14 bits per heavy atom. The van der Waals surface area contributed by atoms with Gasteiger partial charge in [0.05, 0.1) is 12.7 Å². The van der Waals surface area contributed by atoms with E-state index in [1.807, 2.05) is 36.5 Å². The SMILES string of the molecule is CCCCC/C=C\C=C/[C@H](O)C/C=C\C/C=C/CCCC(=O)O[C@H](COC(=O)CCCCCCCCC/C=C\CCCCCC)COP(=O)(O)O. The number of aliphatic hydroxyl groups is 1. The van der Waals surface area contributed by atoms with Gasteiger partial charge in [-0.3, -0.25) is 14.1 Å². The van der Waals surface area contributed by atoms with Gasteiger partial charge in [-0.15, -0.1) is 0 Å². The zero-order chi connectivity index (χ0) is 37.7. The predicted octanol–water partition coefficient (Wildman–Crippen LogP) is 10.7. The maximum Gasteiger partial charge on any atom is 0.469 e. The van der Waals surface area contributed by atoms with E-state index < -0.39 is 38.6 Å². The molecular formula is C41H71O9P. The molecule has 51 heavy (non-hydrogen) atoms. The van der Waals surface area contributed by atoms with Gasteiger partial charge in [0.2, 0.25) is 0 Å². The maximum atomic E-state index is 12.4. The minimum atomic E-state index is -4.79. The molecule has 0 spiro atoms. The second kappa shape index (κ2) is 36.1. The Bertz CT molecular complexity index is 1030. The molecule has 0 radical (unpaired) electrons. The minimum Gasteiger partial charge on any atom is -0.462 e. The number of hydrogen-bond donors (Lipinski definition) is 3. The van der Waals surface area contributed by atoms with Crippen LogP contribution in [0, 0.1) is 0 Å². The molecule has 2 atom stereocenters. The van der Waals surface area contributed by atoms with E-state index >= 15 is 0 Å². The van der Waals surface area contributed by atoms with Crippen LogP contribution in [0.1, 0.15) is 162 Å². The molecule has 0 amide bonds. The number of rotatable bonds is 35. The van der Waals surface area contributed by atoms with Gasteiger partial charge in [0.15, 0.2) is 6.10 Å². The highest BCUT2D eigenvalue weighted by molar-refractivity contribution is 7.46. The zero-order valence-corrected chi connectivity index (χ0v) is 32.7. The Kier molecular flexibility index (Phi) is 34.5. The number of phosphoric acid groups is 1. The van der Waals surface area contributed by atoms with E-state index in [0.29, 0.717) is 32.1 Å². The van der Waals surface area contributed by atoms with Crippen LogP contribution in [0.15, 0.2) is 60.8 Å². The van der Waals surface area contributed by atoms with E-state index in [2.05, 4.69) is 36.6 Å². The summed E-state index contributed by atoms with van der Waals surface area (Å²) in [6.45, 7) is 3.51. The van der Waals surface area contributed by atoms with Crippen molar-refractivity contribution >= 4 is 19.8 Å². The van der Waals surface area contributed by atoms with Crippen LogP contribution >= 0.6 is 7.82 Å². The molecule has 0 aromatic heterocycles. The average molecular weight is 739 g/mol. The van der Waals surface area contributed by atoms with Gasteiger partial charge in [-0.05, 0) is 70.6 Å². The smallest absolute Gasteiger partial charge is 0.462 e. The normalized spacial score (nSPS) is 13.7. The van der Waals surface area contributed by atoms with Crippen molar-refractivity contribution in [3.8, 4) is 0 Å². The van der Waals surface area contributed by atoms with Crippen molar-refractivity contribution in [3.05, 3.63) is 60.8 Å². The Balaban J connectivity index is 4.13. The van der Waals surface area contributed by atoms with Gasteiger partial charge in [-0.25, -0.2) is 4.57 Å². The first-order valence-electron chi connectivity index (χ1n) is 19.7. The van der Waals surface area contributed by atoms with Crippen molar-refractivity contribution < 1.29 is 43.0 Å². The van der Waals surface area contributed by atoms with Crippen LogP contribution in [0.3, 0.4) is 0 Å². The van der Waals surface area contributed by atoms with Crippen molar-refractivity contribution in [1.82, 2.24) is 0 Å². The van der Waals surface area contributed by atoms with Crippen LogP contribution in [-0.2, 0) is 28.2 Å². The molecule has 3 N–H and O–H groups in total. The molecule has 0 saturated carbocycles. The lowest BCUT2D eigenvalue weighted by molar-refractivity contribution is -0.161. The molecule has 0 aliphatic carbocycles. The van der Waals surface area contributed by atoms with Gasteiger partial charge in [-0.1, -0.05) is 139 Å². The van der Waals surface area contributed by atoms with Gasteiger partial charge >= 0.3 is 19.8 Å². The van der Waals surface area contributed by atoms with Crippen LogP contribution in [0.4, 0.5) is 0 Å². The van der Waals surface area contributed by atoms with Gasteiger partial charge in [-0.2, -0.15) is 0 Å². The highest BCUT2D eigenvalue weighted by atomic mass is 31.2. The van der Waals surface area contributed by atoms with Crippen molar-refractivity contribution in [3.63, 3.8) is 0 Å². The lowest BCUT2D eigenvalue weighted by atomic mass is 10.1. The van der Waals surface area contributed by atoms with Crippen LogP contribution in [0.25, 0.3) is 0 Å². The fourth-order valence-electron chi connectivity index (χ4n) is 5.09. The summed E-state index contributed by atoms with van der Waals surface area (Å²) >= 11 is 0. The molecule has 294 valence electrons. The fraction of sp³-hybridized carbons (Fsp3) is 0.707. The summed E-state index contributed by atoms with van der Waals surface area (Å²) in [6, 6.07) is 0. The Labute approximate surface area is 309 Å². The standard InChI is InChI=1S/C41H71O9P/c1-3-5-7-9-11-12-13-14-15-16-17-18-22-26-30-34-40(43)48-36-39(37-49-51(45,46)47)50-41(44)35-31-27-23-19-21-25-29-33-38(42)32-28-24-20-10-8-6-4-2/h12-13,19-20,23-25,28-29,32,38-39,42H,3-11,14-18,21-22,26-27,30-31,33-37H2,1-2H3,(H2,45,46,47)/b13-12-,23-19+,24-20-,29-25-,32-28-/t38-,39+/m0/s1. The van der Waals surface area contributed by atoms with Gasteiger partial charge in [0.25, 0.3) is 0 Å². The number of esters is 2. The third-order valence-electron chi connectivity index (χ3n) is 8.09. The summed E-state index contributed by atoms with van der Waals surface area (Å²) in [5, 5.41) is 10.0. The van der Waals surface area contributed by atoms with Crippen LogP contribution < -0.4 is 0 Å². The molecule has 0 rings (SSSR count). The first-order chi connectivity index (χ1) is 24.7. The van der Waals surface area contributed by atoms with Crippen molar-refractivity contribution in [2.45, 2.75) is 174 Å². The number of phosphoric ester groups is 1. The zero-order valence-electron chi connectivity index (χ0n) is 31.8. The monoisotopic (exact) mass is 738 g/mol. The number of hydrogen-bond acceptors (Lipinski definition) is 7. The molecule has 0 saturated heterocycles. The topological polar surface area (TPSA) is 140 Å². The first kappa shape index (κ1) is 48.7. The summed E-state index contributed by atoms with van der Waals surface area (Å²) in [7, 11) is -4.79. The lowest BCUT2D eigenvalue weighted by Gasteiger charge is -2.18.